The van der Waals surface area contributed by atoms with Gasteiger partial charge in [0.1, 0.15) is 0 Å². The molecule has 2 aliphatic rings. The number of halogens is 2. The number of hydrogen-bond acceptors (Lipinski definition) is 1. The highest BCUT2D eigenvalue weighted by molar-refractivity contribution is 4.97. The number of rotatable bonds is 3. The Balaban J connectivity index is 1.69. The molecule has 2 fully saturated rings. The molecule has 0 aromatic carbocycles. The maximum atomic E-state index is 12.2. The van der Waals surface area contributed by atoms with Gasteiger partial charge in [-0.1, -0.05) is 6.92 Å². The van der Waals surface area contributed by atoms with Gasteiger partial charge < -0.3 is 5.32 Å². The van der Waals surface area contributed by atoms with Crippen molar-refractivity contribution in [3.63, 3.8) is 0 Å². The van der Waals surface area contributed by atoms with Gasteiger partial charge in [0.05, 0.1) is 0 Å². The molecular formula is C10H17F2N. The van der Waals surface area contributed by atoms with Crippen LogP contribution >= 0.6 is 0 Å². The summed E-state index contributed by atoms with van der Waals surface area (Å²) in [7, 11) is 0. The standard InChI is InChI=1S/C10H17F2N/c1-6-2-3-7(4-6)13-9-5-8(9)10(11)12/h6-10,13H,2-5H2,1H3/t6?,7?,8-,9-/m0/s1. The average molecular weight is 189 g/mol. The summed E-state index contributed by atoms with van der Waals surface area (Å²) in [6.45, 7) is 2.24. The molecule has 0 heterocycles. The molecule has 0 aromatic heterocycles. The second-order valence-corrected chi connectivity index (χ2v) is 4.62. The van der Waals surface area contributed by atoms with Crippen LogP contribution in [0.25, 0.3) is 0 Å². The average Bonchev–Trinajstić information content (AvgIpc) is 2.69. The zero-order valence-corrected chi connectivity index (χ0v) is 7.97. The molecule has 0 spiro atoms. The molecule has 76 valence electrons. The summed E-state index contributed by atoms with van der Waals surface area (Å²) in [4.78, 5) is 0. The Morgan fingerprint density at radius 3 is 2.46 bits per heavy atom. The molecule has 0 aromatic rings. The van der Waals surface area contributed by atoms with Crippen molar-refractivity contribution in [3.05, 3.63) is 0 Å². The molecule has 13 heavy (non-hydrogen) atoms. The van der Waals surface area contributed by atoms with Crippen molar-refractivity contribution in [2.24, 2.45) is 11.8 Å². The van der Waals surface area contributed by atoms with E-state index in [4.69, 9.17) is 0 Å². The Morgan fingerprint density at radius 1 is 1.23 bits per heavy atom. The highest BCUT2D eigenvalue weighted by Crippen LogP contribution is 2.38. The lowest BCUT2D eigenvalue weighted by Gasteiger charge is -2.11. The van der Waals surface area contributed by atoms with Crippen molar-refractivity contribution in [2.75, 3.05) is 0 Å². The second-order valence-electron chi connectivity index (χ2n) is 4.62. The molecule has 0 bridgehead atoms. The topological polar surface area (TPSA) is 12.0 Å². The maximum Gasteiger partial charge on any atom is 0.242 e. The smallest absolute Gasteiger partial charge is 0.242 e. The first-order valence-corrected chi connectivity index (χ1v) is 5.21. The summed E-state index contributed by atoms with van der Waals surface area (Å²) in [5.41, 5.74) is 0. The van der Waals surface area contributed by atoms with Crippen LogP contribution in [0.3, 0.4) is 0 Å². The minimum Gasteiger partial charge on any atom is -0.311 e. The van der Waals surface area contributed by atoms with Crippen molar-refractivity contribution in [1.29, 1.82) is 0 Å². The molecule has 2 unspecified atom stereocenters. The molecule has 0 saturated heterocycles. The molecule has 2 rings (SSSR count). The summed E-state index contributed by atoms with van der Waals surface area (Å²) < 4.78 is 24.4. The predicted octanol–water partition coefficient (Wildman–Crippen LogP) is 2.42. The first-order valence-electron chi connectivity index (χ1n) is 5.21. The van der Waals surface area contributed by atoms with Crippen LogP contribution in [0.15, 0.2) is 0 Å². The van der Waals surface area contributed by atoms with Gasteiger partial charge in [-0.3, -0.25) is 0 Å². The van der Waals surface area contributed by atoms with Crippen molar-refractivity contribution in [2.45, 2.75) is 51.1 Å². The molecular weight excluding hydrogens is 172 g/mol. The van der Waals surface area contributed by atoms with Gasteiger partial charge in [0.2, 0.25) is 6.43 Å². The third-order valence-electron chi connectivity index (χ3n) is 3.31. The number of alkyl halides is 2. The first kappa shape index (κ1) is 9.38. The van der Waals surface area contributed by atoms with Gasteiger partial charge >= 0.3 is 0 Å². The third kappa shape index (κ3) is 2.19. The Bertz CT molecular complexity index is 184. The van der Waals surface area contributed by atoms with E-state index in [1.807, 2.05) is 0 Å². The van der Waals surface area contributed by atoms with E-state index in [-0.39, 0.29) is 12.0 Å². The van der Waals surface area contributed by atoms with Gasteiger partial charge in [-0.2, -0.15) is 0 Å². The quantitative estimate of drug-likeness (QED) is 0.719. The van der Waals surface area contributed by atoms with Crippen LogP contribution in [0.1, 0.15) is 32.6 Å². The van der Waals surface area contributed by atoms with Gasteiger partial charge in [0, 0.05) is 18.0 Å². The summed E-state index contributed by atoms with van der Waals surface area (Å²) in [6.07, 6.45) is 2.17. The Hall–Kier alpha value is -0.180. The van der Waals surface area contributed by atoms with Gasteiger partial charge in [0.25, 0.3) is 0 Å². The van der Waals surface area contributed by atoms with Gasteiger partial charge in [-0.25, -0.2) is 8.78 Å². The molecule has 1 N–H and O–H groups in total. The van der Waals surface area contributed by atoms with Crippen molar-refractivity contribution in [3.8, 4) is 0 Å². The second kappa shape index (κ2) is 3.52. The van der Waals surface area contributed by atoms with Crippen molar-refractivity contribution < 1.29 is 8.78 Å². The molecule has 0 radical (unpaired) electrons. The molecule has 0 aliphatic heterocycles. The van der Waals surface area contributed by atoms with Crippen LogP contribution in [0, 0.1) is 11.8 Å². The Kier molecular flexibility index (Phi) is 2.54. The monoisotopic (exact) mass is 189 g/mol. The van der Waals surface area contributed by atoms with E-state index in [1.54, 1.807) is 0 Å². The zero-order chi connectivity index (χ0) is 9.42. The summed E-state index contributed by atoms with van der Waals surface area (Å²) in [6, 6.07) is 0.638. The van der Waals surface area contributed by atoms with Crippen LogP contribution < -0.4 is 5.32 Å². The largest absolute Gasteiger partial charge is 0.311 e. The van der Waals surface area contributed by atoms with Crippen molar-refractivity contribution in [1.82, 2.24) is 5.32 Å². The molecule has 3 heteroatoms. The van der Waals surface area contributed by atoms with Gasteiger partial charge in [0.15, 0.2) is 0 Å². The fraction of sp³-hybridized carbons (Fsp3) is 1.00. The van der Waals surface area contributed by atoms with Crippen LogP contribution in [-0.2, 0) is 0 Å². The summed E-state index contributed by atoms with van der Waals surface area (Å²) in [5, 5.41) is 3.33. The van der Waals surface area contributed by atoms with Gasteiger partial charge in [-0.15, -0.1) is 0 Å². The van der Waals surface area contributed by atoms with Gasteiger partial charge in [-0.05, 0) is 31.6 Å². The zero-order valence-electron chi connectivity index (χ0n) is 7.97. The molecule has 4 atom stereocenters. The van der Waals surface area contributed by atoms with Crippen LogP contribution in [0.4, 0.5) is 8.78 Å². The Morgan fingerprint density at radius 2 is 2.00 bits per heavy atom. The van der Waals surface area contributed by atoms with E-state index in [1.165, 1.54) is 19.3 Å². The van der Waals surface area contributed by atoms with E-state index in [0.717, 1.165) is 5.92 Å². The van der Waals surface area contributed by atoms with Crippen LogP contribution in [-0.4, -0.2) is 18.5 Å². The number of nitrogens with one attached hydrogen (secondary N) is 1. The molecule has 1 nitrogen and oxygen atoms in total. The van der Waals surface area contributed by atoms with Crippen LogP contribution in [0.2, 0.25) is 0 Å². The van der Waals surface area contributed by atoms with E-state index >= 15 is 0 Å². The highest BCUT2D eigenvalue weighted by atomic mass is 19.3. The lowest BCUT2D eigenvalue weighted by Crippen LogP contribution is -2.30. The fourth-order valence-electron chi connectivity index (χ4n) is 2.35. The lowest BCUT2D eigenvalue weighted by molar-refractivity contribution is 0.118. The van der Waals surface area contributed by atoms with Crippen molar-refractivity contribution >= 4 is 0 Å². The first-order chi connectivity index (χ1) is 6.16. The van der Waals surface area contributed by atoms with E-state index in [2.05, 4.69) is 12.2 Å². The molecule has 2 aliphatic carbocycles. The SMILES string of the molecule is CC1CCC(N[C@H]2C[C@@H]2C(F)F)C1. The fourth-order valence-corrected chi connectivity index (χ4v) is 2.35. The third-order valence-corrected chi connectivity index (χ3v) is 3.31. The number of hydrogen-bond donors (Lipinski definition) is 1. The van der Waals surface area contributed by atoms with E-state index in [0.29, 0.717) is 12.5 Å². The lowest BCUT2D eigenvalue weighted by atomic mass is 10.1. The highest BCUT2D eigenvalue weighted by Gasteiger charge is 2.45. The minimum absolute atomic E-state index is 0.121. The minimum atomic E-state index is -2.11. The summed E-state index contributed by atoms with van der Waals surface area (Å²) >= 11 is 0. The predicted molar refractivity (Wildman–Crippen MR) is 47.8 cm³/mol. The summed E-state index contributed by atoms with van der Waals surface area (Å²) in [5.74, 6) is 0.428. The van der Waals surface area contributed by atoms with E-state index in [9.17, 15) is 8.78 Å². The molecule has 0 amide bonds. The van der Waals surface area contributed by atoms with E-state index < -0.39 is 6.43 Å². The molecule has 2 saturated carbocycles. The normalized spacial score (nSPS) is 44.3. The van der Waals surface area contributed by atoms with Crippen LogP contribution in [0.5, 0.6) is 0 Å². The Labute approximate surface area is 77.9 Å². The maximum absolute atomic E-state index is 12.2.